The highest BCUT2D eigenvalue weighted by molar-refractivity contribution is 6.20. The van der Waals surface area contributed by atoms with Gasteiger partial charge in [-0.3, -0.25) is 9.59 Å². The van der Waals surface area contributed by atoms with E-state index in [1.165, 1.54) is 88.2 Å². The fraction of sp³-hybridized carbons (Fsp3) is 0.519. The Hall–Kier alpha value is -4.06. The summed E-state index contributed by atoms with van der Waals surface area (Å²) in [6.07, 6.45) is 17.0. The normalized spacial score (nSPS) is 11.0. The monoisotopic (exact) mass is 807 g/mol. The molecule has 0 aliphatic carbocycles. The van der Waals surface area contributed by atoms with Crippen molar-refractivity contribution in [1.82, 2.24) is 0 Å². The second kappa shape index (κ2) is 28.4. The van der Waals surface area contributed by atoms with Crippen molar-refractivity contribution < 1.29 is 23.8 Å². The van der Waals surface area contributed by atoms with Crippen LogP contribution in [0.4, 0.5) is 0 Å². The lowest BCUT2D eigenvalue weighted by Crippen LogP contribution is -2.13. The van der Waals surface area contributed by atoms with E-state index in [-0.39, 0.29) is 11.6 Å². The highest BCUT2D eigenvalue weighted by Gasteiger charge is 2.22. The first-order chi connectivity index (χ1) is 28.2. The lowest BCUT2D eigenvalue weighted by Gasteiger charge is -2.12. The van der Waals surface area contributed by atoms with Crippen molar-refractivity contribution in [2.24, 2.45) is 0 Å². The van der Waals surface area contributed by atoms with Gasteiger partial charge in [0.25, 0.3) is 0 Å². The average Bonchev–Trinajstić information content (AvgIpc) is 3.95. The molecule has 0 aromatic heterocycles. The Morgan fingerprint density at radius 2 is 0.814 bits per heavy atom. The minimum Gasteiger partial charge on any atom is -0.449 e. The summed E-state index contributed by atoms with van der Waals surface area (Å²) >= 11 is 0. The van der Waals surface area contributed by atoms with Crippen LogP contribution in [0.2, 0.25) is 0 Å². The number of ether oxygens (including phenoxy) is 3. The molecule has 59 heavy (non-hydrogen) atoms. The lowest BCUT2D eigenvalue weighted by molar-refractivity contribution is 0.0754. The van der Waals surface area contributed by atoms with Crippen molar-refractivity contribution in [1.29, 1.82) is 0 Å². The van der Waals surface area contributed by atoms with Gasteiger partial charge in [-0.05, 0) is 116 Å². The van der Waals surface area contributed by atoms with Crippen LogP contribution in [0.15, 0.2) is 72.8 Å². The molecule has 324 valence electrons. The maximum Gasteiger partial charge on any atom is 0.194 e. The number of hydrogen-bond donors (Lipinski definition) is 0. The van der Waals surface area contributed by atoms with Gasteiger partial charge in [0, 0.05) is 35.5 Å². The molecule has 4 aromatic rings. The number of benzene rings is 4. The van der Waals surface area contributed by atoms with E-state index < -0.39 is 0 Å². The Balaban J connectivity index is 0.000000303. The molecule has 5 nitrogen and oxygen atoms in total. The van der Waals surface area contributed by atoms with E-state index >= 15 is 0 Å². The zero-order valence-corrected chi connectivity index (χ0v) is 39.0. The number of fused-ring (bicyclic) bond motifs is 1. The van der Waals surface area contributed by atoms with E-state index in [4.69, 9.17) is 14.2 Å². The molecule has 0 atom stereocenters. The Kier molecular flexibility index (Phi) is 24.6. The second-order valence-electron chi connectivity index (χ2n) is 16.7. The van der Waals surface area contributed by atoms with Crippen molar-refractivity contribution in [2.75, 3.05) is 13.2 Å². The fourth-order valence-corrected chi connectivity index (χ4v) is 6.62. The summed E-state index contributed by atoms with van der Waals surface area (Å²) in [6.45, 7) is 26.8. The van der Waals surface area contributed by atoms with Gasteiger partial charge in [-0.1, -0.05) is 150 Å². The molecule has 5 rings (SSSR count). The average molecular weight is 807 g/mol. The van der Waals surface area contributed by atoms with Crippen LogP contribution in [-0.2, 0) is 9.47 Å². The molecule has 4 aromatic carbocycles. The van der Waals surface area contributed by atoms with Crippen molar-refractivity contribution in [3.8, 4) is 11.5 Å². The van der Waals surface area contributed by atoms with E-state index in [1.807, 2.05) is 64.1 Å². The van der Waals surface area contributed by atoms with E-state index in [0.717, 1.165) is 47.0 Å². The van der Waals surface area contributed by atoms with Crippen molar-refractivity contribution in [3.63, 3.8) is 0 Å². The third-order valence-electron chi connectivity index (χ3n) is 10.3. The number of hydrogen-bond acceptors (Lipinski definition) is 5. The first-order valence-corrected chi connectivity index (χ1v) is 22.5. The molecular formula is C54H78O5. The maximum absolute atomic E-state index is 13.1. The third kappa shape index (κ3) is 20.2. The van der Waals surface area contributed by atoms with E-state index in [1.54, 1.807) is 24.3 Å². The zero-order valence-electron chi connectivity index (χ0n) is 39.0. The summed E-state index contributed by atoms with van der Waals surface area (Å²) in [7, 11) is 0. The number of carbonyl (C=O) groups excluding carboxylic acids is 2. The Bertz CT molecular complexity index is 1700. The quantitative estimate of drug-likeness (QED) is 0.0445. The number of carbonyl (C=O) groups is 2. The SMILES string of the molecule is CCCCCCCCOC(C)C.CCCCCCCCOC(C)C.Cc1cc2c(cc1C)O2.Cc1ccc(C(=O)c2ccccc2C(=O)c2ccc(C)cc2C)c(C)c1. The highest BCUT2D eigenvalue weighted by Crippen LogP contribution is 2.46. The van der Waals surface area contributed by atoms with Crippen LogP contribution in [0.1, 0.15) is 184 Å². The molecule has 5 heteroatoms. The van der Waals surface area contributed by atoms with Crippen LogP contribution in [0, 0.1) is 41.5 Å². The molecule has 1 aliphatic rings. The Labute approximate surface area is 359 Å². The molecule has 0 radical (unpaired) electrons. The summed E-state index contributed by atoms with van der Waals surface area (Å²) in [4.78, 5) is 26.2. The van der Waals surface area contributed by atoms with Gasteiger partial charge in [-0.15, -0.1) is 0 Å². The minimum atomic E-state index is -0.115. The van der Waals surface area contributed by atoms with E-state index in [9.17, 15) is 9.59 Å². The molecule has 0 fully saturated rings. The van der Waals surface area contributed by atoms with Crippen molar-refractivity contribution in [3.05, 3.63) is 128 Å². The van der Waals surface area contributed by atoms with Gasteiger partial charge >= 0.3 is 0 Å². The topological polar surface area (TPSA) is 65.1 Å². The van der Waals surface area contributed by atoms with Crippen LogP contribution in [-0.4, -0.2) is 37.0 Å². The van der Waals surface area contributed by atoms with Crippen molar-refractivity contribution in [2.45, 2.75) is 172 Å². The summed E-state index contributed by atoms with van der Waals surface area (Å²) in [6, 6.07) is 22.7. The lowest BCUT2D eigenvalue weighted by atomic mass is 9.90. The number of unbranched alkanes of at least 4 members (excludes halogenated alkanes) is 10. The summed E-state index contributed by atoms with van der Waals surface area (Å²) in [5, 5.41) is 0. The smallest absolute Gasteiger partial charge is 0.194 e. The predicted molar refractivity (Wildman–Crippen MR) is 250 cm³/mol. The first kappa shape index (κ1) is 51.1. The summed E-state index contributed by atoms with van der Waals surface area (Å²) in [5.74, 6) is 1.88. The van der Waals surface area contributed by atoms with Gasteiger partial charge in [0.05, 0.1) is 12.2 Å². The molecule has 0 amide bonds. The largest absolute Gasteiger partial charge is 0.449 e. The molecule has 1 heterocycles. The van der Waals surface area contributed by atoms with Crippen molar-refractivity contribution >= 4 is 11.6 Å². The van der Waals surface area contributed by atoms with Gasteiger partial charge in [-0.2, -0.15) is 0 Å². The number of aryl methyl sites for hydroxylation is 6. The maximum atomic E-state index is 13.1. The second-order valence-corrected chi connectivity index (χ2v) is 16.7. The van der Waals surface area contributed by atoms with Gasteiger partial charge < -0.3 is 14.2 Å². The van der Waals surface area contributed by atoms with Crippen LogP contribution in [0.5, 0.6) is 11.5 Å². The Morgan fingerprint density at radius 3 is 1.15 bits per heavy atom. The molecule has 0 saturated heterocycles. The predicted octanol–water partition coefficient (Wildman–Crippen LogP) is 15.3. The Morgan fingerprint density at radius 1 is 0.458 bits per heavy atom. The van der Waals surface area contributed by atoms with Gasteiger partial charge in [0.1, 0.15) is 0 Å². The minimum absolute atomic E-state index is 0.115. The van der Waals surface area contributed by atoms with Gasteiger partial charge in [0.2, 0.25) is 0 Å². The fourth-order valence-electron chi connectivity index (χ4n) is 6.62. The summed E-state index contributed by atoms with van der Waals surface area (Å²) in [5.41, 5.74) is 8.85. The zero-order chi connectivity index (χ0) is 43.7. The van der Waals surface area contributed by atoms with E-state index in [0.29, 0.717) is 34.5 Å². The standard InChI is InChI=1S/C24H22O2.2C11H24O.C8H8O/c1-15-9-11-19(17(3)13-15)23(25)21-7-5-6-8-22(21)24(26)20-12-10-16(2)14-18(20)4;2*1-4-5-6-7-8-9-10-12-11(2)3;1-5-3-7-8(9-7)4-6(5)2/h5-14H,1-4H3;2*11H,4-10H2,1-3H3;3-4H,1-2H3. The van der Waals surface area contributed by atoms with Crippen LogP contribution >= 0.6 is 0 Å². The molecule has 1 aliphatic heterocycles. The van der Waals surface area contributed by atoms with Crippen LogP contribution in [0.3, 0.4) is 0 Å². The summed E-state index contributed by atoms with van der Waals surface area (Å²) < 4.78 is 16.0. The molecule has 0 saturated carbocycles. The first-order valence-electron chi connectivity index (χ1n) is 22.5. The van der Waals surface area contributed by atoms with Gasteiger partial charge in [0.15, 0.2) is 23.1 Å². The van der Waals surface area contributed by atoms with Crippen LogP contribution in [0.25, 0.3) is 0 Å². The van der Waals surface area contributed by atoms with E-state index in [2.05, 4.69) is 67.5 Å². The molecule has 0 unspecified atom stereocenters. The van der Waals surface area contributed by atoms with Gasteiger partial charge in [-0.25, -0.2) is 0 Å². The number of ketones is 2. The third-order valence-corrected chi connectivity index (χ3v) is 10.3. The molecule has 0 N–H and O–H groups in total. The molecule has 0 spiro atoms. The molecular weight excluding hydrogens is 729 g/mol. The molecule has 0 bridgehead atoms. The number of rotatable bonds is 20. The van der Waals surface area contributed by atoms with Crippen LogP contribution < -0.4 is 4.74 Å². The highest BCUT2D eigenvalue weighted by atomic mass is 16.6.